The molecule has 0 radical (unpaired) electrons. The van der Waals surface area contributed by atoms with Crippen molar-refractivity contribution in [1.29, 1.82) is 0 Å². The van der Waals surface area contributed by atoms with Gasteiger partial charge in [-0.25, -0.2) is 0 Å². The number of ketones is 2. The molecule has 474 valence electrons. The summed E-state index contributed by atoms with van der Waals surface area (Å²) in [7, 11) is 1.75. The number of likely N-dealkylation sites (tertiary alicyclic amines) is 2. The number of carbonyl (C=O) groups excluding carboxylic acids is 8. The lowest BCUT2D eigenvalue weighted by Crippen LogP contribution is -2.58. The molecule has 4 aromatic rings. The number of nitrogens with zero attached hydrogens (tertiary/aromatic N) is 2. The molecule has 0 bridgehead atoms. The van der Waals surface area contributed by atoms with E-state index in [0.717, 1.165) is 106 Å². The number of rotatable bonds is 31. The Morgan fingerprint density at radius 3 is 1.41 bits per heavy atom. The van der Waals surface area contributed by atoms with Crippen LogP contribution in [-0.2, 0) is 38.4 Å². The van der Waals surface area contributed by atoms with Crippen LogP contribution in [0.5, 0.6) is 0 Å². The van der Waals surface area contributed by atoms with Gasteiger partial charge in [-0.1, -0.05) is 193 Å². The maximum absolute atomic E-state index is 14.9. The zero-order chi connectivity index (χ0) is 62.4. The molecule has 2 aliphatic carbocycles. The summed E-state index contributed by atoms with van der Waals surface area (Å²) < 4.78 is 0. The molecule has 1 unspecified atom stereocenters. The van der Waals surface area contributed by atoms with E-state index in [9.17, 15) is 38.4 Å². The van der Waals surface area contributed by atoms with Crippen molar-refractivity contribution >= 4 is 47.0 Å². The number of unbranched alkanes of at least 4 members (excludes halogenated alkanes) is 4. The quantitative estimate of drug-likeness (QED) is 0.0304. The number of hydrogen-bond donors (Lipinski definition) is 5. The summed E-state index contributed by atoms with van der Waals surface area (Å²) in [6, 6.07) is 34.4. The first kappa shape index (κ1) is 66.9. The number of nitrogens with one attached hydrogen (secondary N) is 5. The van der Waals surface area contributed by atoms with E-state index < -0.39 is 54.0 Å². The van der Waals surface area contributed by atoms with Crippen LogP contribution in [0.25, 0.3) is 0 Å². The van der Waals surface area contributed by atoms with Gasteiger partial charge >= 0.3 is 0 Å². The van der Waals surface area contributed by atoms with Crippen LogP contribution in [0.2, 0.25) is 0 Å². The van der Waals surface area contributed by atoms with Crippen LogP contribution in [-0.4, -0.2) is 120 Å². The van der Waals surface area contributed by atoms with Crippen molar-refractivity contribution in [2.75, 3.05) is 26.7 Å². The SMILES string of the molecule is CC[C@@H](C)C(=O)N[C@H](C(=O)N1CCC[C@H]1C(=O)N[C@H](C(=O)CCCCCCCNC(=O)[C@@H](NC(=O)C1CCCN1C(=O)[C@@H](CC(=O)[C@H](C)NC)C1CCCCC1)C(c1ccccc1)c1ccccc1)C(c1ccccc1)c1ccccc1)C1CCCCC1. The van der Waals surface area contributed by atoms with E-state index >= 15 is 0 Å². The highest BCUT2D eigenvalue weighted by atomic mass is 16.2. The Balaban J connectivity index is 0.921. The molecule has 6 amide bonds. The van der Waals surface area contributed by atoms with Crippen LogP contribution in [0, 0.1) is 23.7 Å². The third-order valence-corrected chi connectivity index (χ3v) is 19.7. The Kier molecular flexibility index (Phi) is 25.9. The van der Waals surface area contributed by atoms with Crippen molar-refractivity contribution in [2.45, 2.75) is 210 Å². The number of likely N-dealkylation sites (N-methyl/N-ethyl adjacent to an activating group) is 1. The van der Waals surface area contributed by atoms with Gasteiger partial charge in [0.25, 0.3) is 0 Å². The van der Waals surface area contributed by atoms with Crippen LogP contribution in [0.3, 0.4) is 0 Å². The lowest BCUT2D eigenvalue weighted by Gasteiger charge is -2.36. The monoisotopic (exact) mass is 1200 g/mol. The number of Topliss-reactive ketones (excluding diaryl/α,β-unsaturated/α-hetero) is 2. The van der Waals surface area contributed by atoms with E-state index in [1.165, 1.54) is 0 Å². The Bertz CT molecular complexity index is 2610. The zero-order valence-corrected chi connectivity index (χ0v) is 52.8. The van der Waals surface area contributed by atoms with Crippen molar-refractivity contribution in [3.8, 4) is 0 Å². The summed E-state index contributed by atoms with van der Waals surface area (Å²) >= 11 is 0. The molecule has 15 nitrogen and oxygen atoms in total. The van der Waals surface area contributed by atoms with Gasteiger partial charge in [0.2, 0.25) is 35.4 Å². The van der Waals surface area contributed by atoms with Crippen LogP contribution < -0.4 is 26.6 Å². The standard InChI is InChI=1S/C73H99N7O8/c1-5-50(2)68(83)76-65(57-41-25-14-26-42-57)73(88)80-48-30-44-60(80)69(84)77-66(63(53-33-17-10-18-34-53)54-35-19-11-20-36-54)61(81)45-27-7-6-8-28-46-75-71(86)67(64(55-37-21-12-22-38-55)56-39-23-13-24-40-56)78-70(85)59-43-29-47-79(59)72(87)58(49-62(82)51(3)74-4)52-31-15-9-16-32-52/h10-13,17-24,33-40,50-52,57-60,63-67,74H,5-9,14-16,25-32,41-49H2,1-4H3,(H,75,86)(H,76,83)(H,77,84)(H,78,85)/t50-,51+,58+,59?,60+,65+,66-,67+/m1/s1. The topological polar surface area (TPSA) is 203 Å². The van der Waals surface area contributed by atoms with E-state index in [4.69, 9.17) is 0 Å². The van der Waals surface area contributed by atoms with Crippen LogP contribution >= 0.6 is 0 Å². The summed E-state index contributed by atoms with van der Waals surface area (Å²) in [4.78, 5) is 119. The fourth-order valence-corrected chi connectivity index (χ4v) is 14.3. The molecule has 4 aliphatic rings. The fourth-order valence-electron chi connectivity index (χ4n) is 14.3. The minimum Gasteiger partial charge on any atom is -0.354 e. The van der Waals surface area contributed by atoms with Crippen LogP contribution in [0.1, 0.15) is 196 Å². The smallest absolute Gasteiger partial charge is 0.246 e. The highest BCUT2D eigenvalue weighted by Gasteiger charge is 2.45. The number of carbonyl (C=O) groups is 8. The minimum absolute atomic E-state index is 0.00643. The first-order valence-electron chi connectivity index (χ1n) is 33.5. The molecule has 4 aromatic carbocycles. The molecule has 2 saturated heterocycles. The van der Waals surface area contributed by atoms with Crippen molar-refractivity contribution in [1.82, 2.24) is 36.4 Å². The van der Waals surface area contributed by atoms with E-state index in [0.29, 0.717) is 64.6 Å². The predicted molar refractivity (Wildman–Crippen MR) is 345 cm³/mol. The number of benzene rings is 4. The third kappa shape index (κ3) is 17.9. The summed E-state index contributed by atoms with van der Waals surface area (Å²) in [5, 5.41) is 15.8. The Morgan fingerprint density at radius 1 is 0.477 bits per heavy atom. The second kappa shape index (κ2) is 34.1. The first-order valence-corrected chi connectivity index (χ1v) is 33.5. The summed E-state index contributed by atoms with van der Waals surface area (Å²) in [5.74, 6) is -3.43. The van der Waals surface area contributed by atoms with Gasteiger partial charge in [0.05, 0.1) is 12.1 Å². The van der Waals surface area contributed by atoms with Crippen molar-refractivity contribution < 1.29 is 38.4 Å². The summed E-state index contributed by atoms with van der Waals surface area (Å²) in [6.07, 6.45) is 16.4. The molecular weight excluding hydrogens is 1100 g/mol. The van der Waals surface area contributed by atoms with E-state index in [-0.39, 0.29) is 77.6 Å². The lowest BCUT2D eigenvalue weighted by atomic mass is 9.76. The molecule has 0 aromatic heterocycles. The van der Waals surface area contributed by atoms with Gasteiger partial charge in [-0.2, -0.15) is 0 Å². The number of amides is 6. The van der Waals surface area contributed by atoms with Crippen molar-refractivity contribution in [3.63, 3.8) is 0 Å². The second-order valence-electron chi connectivity index (χ2n) is 25.6. The third-order valence-electron chi connectivity index (χ3n) is 19.7. The van der Waals surface area contributed by atoms with Gasteiger partial charge in [-0.3, -0.25) is 38.4 Å². The maximum Gasteiger partial charge on any atom is 0.246 e. The minimum atomic E-state index is -1.02. The maximum atomic E-state index is 14.9. The molecule has 4 fully saturated rings. The van der Waals surface area contributed by atoms with Gasteiger partial charge in [0.15, 0.2) is 5.78 Å². The molecule has 15 heteroatoms. The van der Waals surface area contributed by atoms with Crippen molar-refractivity contribution in [2.24, 2.45) is 23.7 Å². The largest absolute Gasteiger partial charge is 0.354 e. The van der Waals surface area contributed by atoms with Gasteiger partial charge in [-0.15, -0.1) is 0 Å². The molecule has 5 N–H and O–H groups in total. The summed E-state index contributed by atoms with van der Waals surface area (Å²) in [5.41, 5.74) is 3.49. The van der Waals surface area contributed by atoms with E-state index in [1.54, 1.807) is 16.8 Å². The Hall–Kier alpha value is -7.00. The fraction of sp³-hybridized carbons (Fsp3) is 0.562. The molecular formula is C73H99N7O8. The molecule has 88 heavy (non-hydrogen) atoms. The van der Waals surface area contributed by atoms with Crippen molar-refractivity contribution in [3.05, 3.63) is 144 Å². The van der Waals surface area contributed by atoms with Gasteiger partial charge < -0.3 is 36.4 Å². The molecule has 8 atom stereocenters. The Morgan fingerprint density at radius 2 is 0.920 bits per heavy atom. The number of hydrogen-bond acceptors (Lipinski definition) is 9. The van der Waals surface area contributed by atoms with E-state index in [2.05, 4.69) is 26.6 Å². The molecule has 2 saturated carbocycles. The van der Waals surface area contributed by atoms with Crippen LogP contribution in [0.15, 0.2) is 121 Å². The summed E-state index contributed by atoms with van der Waals surface area (Å²) in [6.45, 7) is 6.81. The lowest BCUT2D eigenvalue weighted by molar-refractivity contribution is -0.145. The predicted octanol–water partition coefficient (Wildman–Crippen LogP) is 10.5. The first-order chi connectivity index (χ1) is 42.8. The molecule has 2 heterocycles. The Labute approximate surface area is 523 Å². The molecule has 2 aliphatic heterocycles. The van der Waals surface area contributed by atoms with Gasteiger partial charge in [0.1, 0.15) is 30.0 Å². The normalized spacial score (nSPS) is 19.5. The average Bonchev–Trinajstić information content (AvgIpc) is 4.40. The zero-order valence-electron chi connectivity index (χ0n) is 52.8. The van der Waals surface area contributed by atoms with Gasteiger partial charge in [-0.05, 0) is 119 Å². The molecule has 8 rings (SSSR count). The van der Waals surface area contributed by atoms with E-state index in [1.807, 2.05) is 142 Å². The molecule has 0 spiro atoms. The van der Waals surface area contributed by atoms with Gasteiger partial charge in [0, 0.05) is 56.1 Å². The second-order valence-corrected chi connectivity index (χ2v) is 25.6. The highest BCUT2D eigenvalue weighted by Crippen LogP contribution is 2.37. The highest BCUT2D eigenvalue weighted by molar-refractivity contribution is 5.97. The average molecular weight is 1200 g/mol. The van der Waals surface area contributed by atoms with Crippen LogP contribution in [0.4, 0.5) is 0 Å².